The number of hydrogen-bond donors (Lipinski definition) is 1. The first-order valence-corrected chi connectivity index (χ1v) is 12.1. The second-order valence-corrected chi connectivity index (χ2v) is 9.12. The van der Waals surface area contributed by atoms with E-state index in [1.807, 2.05) is 98.8 Å². The van der Waals surface area contributed by atoms with Crippen LogP contribution in [0.25, 0.3) is 22.4 Å². The smallest absolute Gasteiger partial charge is 0.225 e. The highest BCUT2D eigenvalue weighted by atomic mass is 32.2. The Balaban J connectivity index is 1.61. The molecule has 0 aliphatic carbocycles. The number of amides is 1. The van der Waals surface area contributed by atoms with Gasteiger partial charge in [0.15, 0.2) is 0 Å². The zero-order valence-electron chi connectivity index (χ0n) is 19.2. The Morgan fingerprint density at radius 1 is 0.941 bits per heavy atom. The number of aryl methyl sites for hydroxylation is 2. The molecule has 1 aromatic heterocycles. The van der Waals surface area contributed by atoms with Crippen LogP contribution in [-0.4, -0.2) is 16.6 Å². The fraction of sp³-hybridized carbons (Fsp3) is 0.138. The minimum Gasteiger partial charge on any atom is -0.326 e. The van der Waals surface area contributed by atoms with E-state index in [-0.39, 0.29) is 5.91 Å². The number of nitriles is 1. The standard InChI is InChI=1S/C29H25N3OS/c1-20-12-14-22(15-13-20)24-18-27(23-9-4-3-5-10-23)32-29(25(24)19-30)34-17-16-28(33)31-26-11-7-6-8-21(26)2/h3-15,18H,16-17H2,1-2H3,(H,31,33). The minimum atomic E-state index is -0.0571. The summed E-state index contributed by atoms with van der Waals surface area (Å²) in [4.78, 5) is 17.3. The van der Waals surface area contributed by atoms with E-state index in [0.29, 0.717) is 22.8 Å². The van der Waals surface area contributed by atoms with Gasteiger partial charge >= 0.3 is 0 Å². The maximum atomic E-state index is 12.5. The summed E-state index contributed by atoms with van der Waals surface area (Å²) in [6.07, 6.45) is 0.320. The third kappa shape index (κ3) is 5.54. The Morgan fingerprint density at radius 2 is 1.65 bits per heavy atom. The normalized spacial score (nSPS) is 10.5. The van der Waals surface area contributed by atoms with Crippen LogP contribution >= 0.6 is 11.8 Å². The third-order valence-corrected chi connectivity index (χ3v) is 6.49. The number of nitrogens with one attached hydrogen (secondary N) is 1. The summed E-state index contributed by atoms with van der Waals surface area (Å²) in [5.74, 6) is 0.462. The summed E-state index contributed by atoms with van der Waals surface area (Å²) in [5, 5.41) is 13.6. The molecule has 0 saturated carbocycles. The average molecular weight is 464 g/mol. The van der Waals surface area contributed by atoms with Crippen LogP contribution in [0, 0.1) is 25.2 Å². The Kier molecular flexibility index (Phi) is 7.41. The van der Waals surface area contributed by atoms with Crippen molar-refractivity contribution in [2.24, 2.45) is 0 Å². The molecule has 1 amide bonds. The predicted molar refractivity (Wildman–Crippen MR) is 140 cm³/mol. The van der Waals surface area contributed by atoms with E-state index in [1.54, 1.807) is 0 Å². The summed E-state index contributed by atoms with van der Waals surface area (Å²) < 4.78 is 0. The molecule has 0 fully saturated rings. The molecule has 0 saturated heterocycles. The molecule has 0 bridgehead atoms. The summed E-state index contributed by atoms with van der Waals surface area (Å²) in [6, 6.07) is 30.1. The molecule has 168 valence electrons. The van der Waals surface area contributed by atoms with Crippen molar-refractivity contribution in [3.63, 3.8) is 0 Å². The van der Waals surface area contributed by atoms with Crippen LogP contribution in [0.15, 0.2) is 90.0 Å². The van der Waals surface area contributed by atoms with Crippen LogP contribution in [0.3, 0.4) is 0 Å². The molecule has 3 aromatic carbocycles. The van der Waals surface area contributed by atoms with Gasteiger partial charge in [0.1, 0.15) is 11.1 Å². The highest BCUT2D eigenvalue weighted by Crippen LogP contribution is 2.34. The lowest BCUT2D eigenvalue weighted by Gasteiger charge is -2.13. The Bertz CT molecular complexity index is 1340. The molecule has 4 nitrogen and oxygen atoms in total. The highest BCUT2D eigenvalue weighted by molar-refractivity contribution is 7.99. The van der Waals surface area contributed by atoms with E-state index < -0.39 is 0 Å². The van der Waals surface area contributed by atoms with Gasteiger partial charge in [-0.2, -0.15) is 5.26 Å². The van der Waals surface area contributed by atoms with Crippen molar-refractivity contribution in [3.8, 4) is 28.5 Å². The lowest BCUT2D eigenvalue weighted by molar-refractivity contribution is -0.115. The number of thioether (sulfide) groups is 1. The maximum absolute atomic E-state index is 12.5. The quantitative estimate of drug-likeness (QED) is 0.299. The number of nitrogens with zero attached hydrogens (tertiary/aromatic N) is 2. The van der Waals surface area contributed by atoms with Crippen LogP contribution in [0.1, 0.15) is 23.1 Å². The van der Waals surface area contributed by atoms with Crippen molar-refractivity contribution in [2.75, 3.05) is 11.1 Å². The van der Waals surface area contributed by atoms with Crippen LogP contribution < -0.4 is 5.32 Å². The van der Waals surface area contributed by atoms with Crippen LogP contribution in [0.2, 0.25) is 0 Å². The Hall–Kier alpha value is -3.88. The van der Waals surface area contributed by atoms with Gasteiger partial charge in [-0.3, -0.25) is 4.79 Å². The first-order valence-electron chi connectivity index (χ1n) is 11.1. The number of carbonyl (C=O) groups excluding carboxylic acids is 1. The van der Waals surface area contributed by atoms with Crippen molar-refractivity contribution in [1.29, 1.82) is 5.26 Å². The van der Waals surface area contributed by atoms with E-state index in [1.165, 1.54) is 11.8 Å². The molecule has 4 rings (SSSR count). The molecule has 0 aliphatic rings. The fourth-order valence-electron chi connectivity index (χ4n) is 3.62. The molecule has 0 atom stereocenters. The van der Waals surface area contributed by atoms with Gasteiger partial charge in [-0.25, -0.2) is 4.98 Å². The molecule has 1 heterocycles. The predicted octanol–water partition coefficient (Wildman–Crippen LogP) is 7.03. The number of rotatable bonds is 7. The second kappa shape index (κ2) is 10.8. The third-order valence-electron chi connectivity index (χ3n) is 5.52. The highest BCUT2D eigenvalue weighted by Gasteiger charge is 2.16. The zero-order chi connectivity index (χ0) is 23.9. The molecule has 4 aromatic rings. The van der Waals surface area contributed by atoms with Crippen LogP contribution in [-0.2, 0) is 4.79 Å². The first kappa shape index (κ1) is 23.3. The monoisotopic (exact) mass is 463 g/mol. The Morgan fingerprint density at radius 3 is 2.35 bits per heavy atom. The van der Waals surface area contributed by atoms with Gasteiger partial charge < -0.3 is 5.32 Å². The zero-order valence-corrected chi connectivity index (χ0v) is 20.0. The SMILES string of the molecule is Cc1ccc(-c2cc(-c3ccccc3)nc(SCCC(=O)Nc3ccccc3C)c2C#N)cc1. The number of pyridine rings is 1. The lowest BCUT2D eigenvalue weighted by atomic mass is 9.98. The molecule has 0 spiro atoms. The van der Waals surface area contributed by atoms with Crippen molar-refractivity contribution >= 4 is 23.4 Å². The van der Waals surface area contributed by atoms with Crippen molar-refractivity contribution in [1.82, 2.24) is 4.98 Å². The molecule has 0 aliphatic heterocycles. The van der Waals surface area contributed by atoms with Gasteiger partial charge in [0, 0.05) is 29.0 Å². The van der Waals surface area contributed by atoms with Gasteiger partial charge in [-0.05, 0) is 37.1 Å². The summed E-state index contributed by atoms with van der Waals surface area (Å²) >= 11 is 1.44. The number of aromatic nitrogens is 1. The average Bonchev–Trinajstić information content (AvgIpc) is 2.86. The Labute approximate surface area is 204 Å². The van der Waals surface area contributed by atoms with Gasteiger partial charge in [0.05, 0.1) is 11.3 Å². The minimum absolute atomic E-state index is 0.0571. The first-order chi connectivity index (χ1) is 16.5. The number of anilines is 1. The summed E-state index contributed by atoms with van der Waals surface area (Å²) in [7, 11) is 0. The maximum Gasteiger partial charge on any atom is 0.225 e. The molecule has 0 radical (unpaired) electrons. The van der Waals surface area contributed by atoms with Gasteiger partial charge in [-0.15, -0.1) is 11.8 Å². The van der Waals surface area contributed by atoms with Crippen LogP contribution in [0.4, 0.5) is 5.69 Å². The van der Waals surface area contributed by atoms with E-state index in [4.69, 9.17) is 4.98 Å². The van der Waals surface area contributed by atoms with Gasteiger partial charge in [0.2, 0.25) is 5.91 Å². The van der Waals surface area contributed by atoms with E-state index in [2.05, 4.69) is 11.4 Å². The van der Waals surface area contributed by atoms with E-state index >= 15 is 0 Å². The molecule has 1 N–H and O–H groups in total. The fourth-order valence-corrected chi connectivity index (χ4v) is 4.56. The van der Waals surface area contributed by atoms with Crippen LogP contribution in [0.5, 0.6) is 0 Å². The largest absolute Gasteiger partial charge is 0.326 e. The molecular formula is C29H25N3OS. The van der Waals surface area contributed by atoms with Gasteiger partial charge in [0.25, 0.3) is 0 Å². The van der Waals surface area contributed by atoms with Crippen molar-refractivity contribution in [2.45, 2.75) is 25.3 Å². The molecular weight excluding hydrogens is 438 g/mol. The number of para-hydroxylation sites is 1. The van der Waals surface area contributed by atoms with Crippen molar-refractivity contribution in [3.05, 3.63) is 102 Å². The summed E-state index contributed by atoms with van der Waals surface area (Å²) in [5.41, 5.74) is 7.16. The number of benzene rings is 3. The number of carbonyl (C=O) groups is 1. The van der Waals surface area contributed by atoms with E-state index in [0.717, 1.165) is 39.2 Å². The topological polar surface area (TPSA) is 65.8 Å². The molecule has 5 heteroatoms. The lowest BCUT2D eigenvalue weighted by Crippen LogP contribution is -2.13. The molecule has 0 unspecified atom stereocenters. The summed E-state index contributed by atoms with van der Waals surface area (Å²) in [6.45, 7) is 4.01. The number of hydrogen-bond acceptors (Lipinski definition) is 4. The molecule has 34 heavy (non-hydrogen) atoms. The van der Waals surface area contributed by atoms with E-state index in [9.17, 15) is 10.1 Å². The second-order valence-electron chi connectivity index (χ2n) is 8.04. The van der Waals surface area contributed by atoms with Crippen molar-refractivity contribution < 1.29 is 4.79 Å². The van der Waals surface area contributed by atoms with Gasteiger partial charge in [-0.1, -0.05) is 78.4 Å².